The van der Waals surface area contributed by atoms with Crippen molar-refractivity contribution >= 4 is 11.8 Å². The quantitative estimate of drug-likeness (QED) is 0.627. The average Bonchev–Trinajstić information content (AvgIpc) is 2.80. The largest absolute Gasteiger partial charge is 0.496 e. The fourth-order valence-corrected chi connectivity index (χ4v) is 3.49. The Morgan fingerprint density at radius 2 is 1.90 bits per heavy atom. The molecule has 2 amide bonds. The molecule has 2 N–H and O–H groups in total. The van der Waals surface area contributed by atoms with Crippen LogP contribution in [-0.2, 0) is 20.7 Å². The van der Waals surface area contributed by atoms with Crippen molar-refractivity contribution in [3.8, 4) is 5.75 Å². The number of aromatic nitrogens is 1. The van der Waals surface area contributed by atoms with E-state index in [9.17, 15) is 9.59 Å². The highest BCUT2D eigenvalue weighted by Crippen LogP contribution is 2.20. The van der Waals surface area contributed by atoms with Crippen LogP contribution in [0.1, 0.15) is 17.2 Å². The maximum atomic E-state index is 12.3. The first-order chi connectivity index (χ1) is 14.7. The Bertz CT molecular complexity index is 825. The van der Waals surface area contributed by atoms with Crippen LogP contribution >= 0.6 is 0 Å². The van der Waals surface area contributed by atoms with Gasteiger partial charge < -0.3 is 20.1 Å². The van der Waals surface area contributed by atoms with Gasteiger partial charge in [-0.25, -0.2) is 0 Å². The van der Waals surface area contributed by atoms with Crippen molar-refractivity contribution in [1.29, 1.82) is 0 Å². The van der Waals surface area contributed by atoms with Crippen LogP contribution < -0.4 is 15.4 Å². The number of hydrogen-bond acceptors (Lipinski definition) is 6. The zero-order chi connectivity index (χ0) is 21.2. The molecule has 1 aromatic carbocycles. The van der Waals surface area contributed by atoms with Crippen molar-refractivity contribution in [2.24, 2.45) is 0 Å². The molecule has 1 aliphatic heterocycles. The highest BCUT2D eigenvalue weighted by atomic mass is 16.5. The van der Waals surface area contributed by atoms with Gasteiger partial charge in [0.15, 0.2) is 0 Å². The number of benzene rings is 1. The third-order valence-corrected chi connectivity index (χ3v) is 5.09. The Morgan fingerprint density at radius 3 is 2.63 bits per heavy atom. The Labute approximate surface area is 176 Å². The number of amides is 2. The van der Waals surface area contributed by atoms with Crippen LogP contribution in [0.5, 0.6) is 5.75 Å². The van der Waals surface area contributed by atoms with Gasteiger partial charge in [0.1, 0.15) is 5.75 Å². The molecule has 8 nitrogen and oxygen atoms in total. The number of morpholine rings is 1. The van der Waals surface area contributed by atoms with E-state index in [1.165, 1.54) is 0 Å². The lowest BCUT2D eigenvalue weighted by Gasteiger charge is -2.34. The summed E-state index contributed by atoms with van der Waals surface area (Å²) in [5, 5.41) is 5.44. The second-order valence-corrected chi connectivity index (χ2v) is 6.98. The van der Waals surface area contributed by atoms with Crippen molar-refractivity contribution in [3.63, 3.8) is 0 Å². The fourth-order valence-electron chi connectivity index (χ4n) is 3.49. The summed E-state index contributed by atoms with van der Waals surface area (Å²) in [6.07, 6.45) is 4.09. The van der Waals surface area contributed by atoms with E-state index in [0.29, 0.717) is 32.7 Å². The molecule has 3 rings (SSSR count). The van der Waals surface area contributed by atoms with Crippen LogP contribution in [0.2, 0.25) is 0 Å². The van der Waals surface area contributed by atoms with Crippen LogP contribution in [0.15, 0.2) is 48.8 Å². The molecular formula is C22H28N4O4. The predicted molar refractivity (Wildman–Crippen MR) is 112 cm³/mol. The zero-order valence-corrected chi connectivity index (χ0v) is 17.2. The molecule has 0 spiro atoms. The number of methoxy groups -OCH3 is 1. The highest BCUT2D eigenvalue weighted by molar-refractivity contribution is 6.35. The number of carbonyl (C=O) groups excluding carboxylic acids is 2. The number of nitrogens with one attached hydrogen (secondary N) is 2. The molecule has 2 heterocycles. The summed E-state index contributed by atoms with van der Waals surface area (Å²) in [6.45, 7) is 3.50. The van der Waals surface area contributed by atoms with Gasteiger partial charge in [-0.15, -0.1) is 0 Å². The third kappa shape index (κ3) is 6.01. The van der Waals surface area contributed by atoms with E-state index in [-0.39, 0.29) is 6.04 Å². The normalized spacial score (nSPS) is 15.2. The maximum Gasteiger partial charge on any atom is 0.309 e. The molecule has 0 aliphatic carbocycles. The second-order valence-electron chi connectivity index (χ2n) is 6.98. The van der Waals surface area contributed by atoms with Gasteiger partial charge in [-0.3, -0.25) is 19.5 Å². The molecule has 1 atom stereocenters. The molecule has 30 heavy (non-hydrogen) atoms. The summed E-state index contributed by atoms with van der Waals surface area (Å²) in [4.78, 5) is 31.0. The topological polar surface area (TPSA) is 92.8 Å². The molecule has 1 saturated heterocycles. The minimum Gasteiger partial charge on any atom is -0.496 e. The van der Waals surface area contributed by atoms with Gasteiger partial charge in [-0.2, -0.15) is 0 Å². The molecule has 0 radical (unpaired) electrons. The predicted octanol–water partition coefficient (Wildman–Crippen LogP) is 0.939. The van der Waals surface area contributed by atoms with Crippen molar-refractivity contribution in [2.45, 2.75) is 12.5 Å². The highest BCUT2D eigenvalue weighted by Gasteiger charge is 2.24. The molecule has 0 saturated carbocycles. The standard InChI is InChI=1S/C22H28N4O4/c1-29-20-7-3-2-5-17(20)8-10-24-21(27)22(28)25-16-19(18-6-4-9-23-15-18)26-11-13-30-14-12-26/h2-7,9,15,19H,8,10-14,16H2,1H3,(H,24,27)(H,25,28)/t19-/m0/s1. The third-order valence-electron chi connectivity index (χ3n) is 5.09. The number of hydrogen-bond donors (Lipinski definition) is 2. The van der Waals surface area contributed by atoms with Gasteiger partial charge in [0.2, 0.25) is 0 Å². The summed E-state index contributed by atoms with van der Waals surface area (Å²) in [5.74, 6) is -0.519. The molecule has 0 bridgehead atoms. The molecular weight excluding hydrogens is 384 g/mol. The molecule has 0 unspecified atom stereocenters. The molecule has 160 valence electrons. The summed E-state index contributed by atoms with van der Waals surface area (Å²) in [5.41, 5.74) is 1.97. The van der Waals surface area contributed by atoms with Crippen LogP contribution in [0.3, 0.4) is 0 Å². The van der Waals surface area contributed by atoms with E-state index in [1.807, 2.05) is 36.4 Å². The summed E-state index contributed by atoms with van der Waals surface area (Å²) in [6, 6.07) is 11.4. The Kier molecular flexibility index (Phi) is 8.17. The van der Waals surface area contributed by atoms with Gasteiger partial charge >= 0.3 is 11.8 Å². The summed E-state index contributed by atoms with van der Waals surface area (Å²) < 4.78 is 10.7. The SMILES string of the molecule is COc1ccccc1CCNC(=O)C(=O)NC[C@@H](c1cccnc1)N1CCOCC1. The lowest BCUT2D eigenvalue weighted by Crippen LogP contribution is -2.47. The van der Waals surface area contributed by atoms with E-state index in [4.69, 9.17) is 9.47 Å². The number of pyridine rings is 1. The van der Waals surface area contributed by atoms with Crippen molar-refractivity contribution < 1.29 is 19.1 Å². The van der Waals surface area contributed by atoms with Crippen molar-refractivity contribution in [1.82, 2.24) is 20.5 Å². The first kappa shape index (κ1) is 21.7. The molecule has 1 aromatic heterocycles. The Morgan fingerprint density at radius 1 is 1.13 bits per heavy atom. The number of para-hydroxylation sites is 1. The lowest BCUT2D eigenvalue weighted by molar-refractivity contribution is -0.139. The second kappa shape index (κ2) is 11.3. The number of carbonyl (C=O) groups is 2. The van der Waals surface area contributed by atoms with Gasteiger partial charge in [-0.1, -0.05) is 24.3 Å². The molecule has 8 heteroatoms. The van der Waals surface area contributed by atoms with E-state index in [2.05, 4.69) is 20.5 Å². The van der Waals surface area contributed by atoms with E-state index in [0.717, 1.165) is 30.0 Å². The van der Waals surface area contributed by atoms with Crippen LogP contribution in [0.25, 0.3) is 0 Å². The van der Waals surface area contributed by atoms with Crippen molar-refractivity contribution in [2.75, 3.05) is 46.5 Å². The number of nitrogens with zero attached hydrogens (tertiary/aromatic N) is 2. The zero-order valence-electron chi connectivity index (χ0n) is 17.2. The first-order valence-electron chi connectivity index (χ1n) is 10.1. The molecule has 1 fully saturated rings. The number of ether oxygens (including phenoxy) is 2. The monoisotopic (exact) mass is 412 g/mol. The molecule has 1 aliphatic rings. The van der Waals surface area contributed by atoms with Crippen LogP contribution in [-0.4, -0.2) is 68.2 Å². The minimum absolute atomic E-state index is 0.0621. The van der Waals surface area contributed by atoms with Crippen LogP contribution in [0, 0.1) is 0 Å². The van der Waals surface area contributed by atoms with Crippen LogP contribution in [0.4, 0.5) is 0 Å². The smallest absolute Gasteiger partial charge is 0.309 e. The van der Waals surface area contributed by atoms with Gasteiger partial charge in [0.05, 0.1) is 26.4 Å². The first-order valence-corrected chi connectivity index (χ1v) is 10.1. The summed E-state index contributed by atoms with van der Waals surface area (Å²) >= 11 is 0. The Hall–Kier alpha value is -2.97. The fraction of sp³-hybridized carbons (Fsp3) is 0.409. The maximum absolute atomic E-state index is 12.3. The van der Waals surface area contributed by atoms with Gasteiger partial charge in [-0.05, 0) is 29.7 Å². The average molecular weight is 412 g/mol. The van der Waals surface area contributed by atoms with E-state index < -0.39 is 11.8 Å². The number of rotatable bonds is 8. The Balaban J connectivity index is 1.51. The molecule has 2 aromatic rings. The minimum atomic E-state index is -0.642. The lowest BCUT2D eigenvalue weighted by atomic mass is 10.1. The van der Waals surface area contributed by atoms with E-state index in [1.54, 1.807) is 19.5 Å². The van der Waals surface area contributed by atoms with E-state index >= 15 is 0 Å². The van der Waals surface area contributed by atoms with Gasteiger partial charge in [0.25, 0.3) is 0 Å². The summed E-state index contributed by atoms with van der Waals surface area (Å²) in [7, 11) is 1.61. The van der Waals surface area contributed by atoms with Gasteiger partial charge in [0, 0.05) is 38.6 Å². The van der Waals surface area contributed by atoms with Crippen molar-refractivity contribution in [3.05, 3.63) is 59.9 Å².